The van der Waals surface area contributed by atoms with Crippen molar-refractivity contribution < 1.29 is 34.7 Å². The smallest absolute Gasteiger partial charge is 0.326 e. The van der Waals surface area contributed by atoms with Crippen LogP contribution >= 0.6 is 11.2 Å². The first kappa shape index (κ1) is 26.8. The van der Waals surface area contributed by atoms with Crippen LogP contribution in [0, 0.1) is 0 Å². The zero-order valence-corrected chi connectivity index (χ0v) is 19.1. The Labute approximate surface area is 194 Å². The van der Waals surface area contributed by atoms with E-state index in [-0.39, 0.29) is 23.0 Å². The second-order valence-electron chi connectivity index (χ2n) is 6.95. The van der Waals surface area contributed by atoms with Crippen LogP contribution in [0.15, 0.2) is 51.1 Å². The van der Waals surface area contributed by atoms with Gasteiger partial charge in [0.15, 0.2) is 0 Å². The molecule has 0 fully saturated rings. The fourth-order valence-electron chi connectivity index (χ4n) is 2.73. The number of amides is 2. The van der Waals surface area contributed by atoms with Crippen molar-refractivity contribution in [3.05, 3.63) is 42.0 Å². The third-order valence-electron chi connectivity index (χ3n) is 4.39. The molecule has 0 spiro atoms. The van der Waals surface area contributed by atoms with Gasteiger partial charge in [-0.05, 0) is 30.7 Å². The number of hydrogen-bond acceptors (Lipinski definition) is 5. The average molecular weight is 499 g/mol. The summed E-state index contributed by atoms with van der Waals surface area (Å²) in [7, 11) is 1.54. The fourth-order valence-corrected chi connectivity index (χ4v) is 4.75. The van der Waals surface area contributed by atoms with Gasteiger partial charge in [0, 0.05) is 12.1 Å². The molecule has 3 N–H and O–H groups in total. The zero-order chi connectivity index (χ0) is 24.8. The van der Waals surface area contributed by atoms with Crippen LogP contribution in [0.1, 0.15) is 30.1 Å². The number of carbonyl (C=O) groups is 2. The van der Waals surface area contributed by atoms with E-state index < -0.39 is 47.5 Å². The molecule has 3 radical (unpaired) electrons. The molecule has 33 heavy (non-hydrogen) atoms. The maximum Gasteiger partial charge on any atom is 0.326 e. The van der Waals surface area contributed by atoms with Crippen molar-refractivity contribution in [1.82, 2.24) is 10.6 Å². The van der Waals surface area contributed by atoms with Gasteiger partial charge in [0.1, 0.15) is 7.85 Å². The number of halogens is 3. The Bertz CT molecular complexity index is 1140. The highest BCUT2D eigenvalue weighted by Crippen LogP contribution is 2.60. The summed E-state index contributed by atoms with van der Waals surface area (Å²) in [5.74, 6) is -1.23. The molecule has 0 saturated carbocycles. The number of sulfone groups is 1. The molecule has 0 heterocycles. The largest absolute Gasteiger partial charge is 0.450 e. The van der Waals surface area contributed by atoms with E-state index in [1.54, 1.807) is 0 Å². The van der Waals surface area contributed by atoms with Gasteiger partial charge in [-0.2, -0.15) is 0 Å². The molecule has 2 amide bonds. The van der Waals surface area contributed by atoms with E-state index >= 15 is 0 Å². The van der Waals surface area contributed by atoms with Crippen LogP contribution in [0.25, 0.3) is 0 Å². The van der Waals surface area contributed by atoms with E-state index in [0.29, 0.717) is 26.2 Å². The monoisotopic (exact) mass is 499 g/mol. The van der Waals surface area contributed by atoms with Crippen LogP contribution in [0.3, 0.4) is 0 Å². The Hall–Kier alpha value is -2.44. The van der Waals surface area contributed by atoms with Crippen LogP contribution in [-0.4, -0.2) is 53.7 Å². The van der Waals surface area contributed by atoms with Gasteiger partial charge >= 0.3 is 7.48 Å². The Morgan fingerprint density at radius 3 is 2.24 bits per heavy atom. The average Bonchev–Trinajstić information content (AvgIpc) is 2.76. The first-order chi connectivity index (χ1) is 15.4. The lowest BCUT2D eigenvalue weighted by Crippen LogP contribution is -2.37. The summed E-state index contributed by atoms with van der Waals surface area (Å²) < 4.78 is 65.8. The van der Waals surface area contributed by atoms with Gasteiger partial charge in [-0.15, -0.1) is 11.7 Å². The van der Waals surface area contributed by atoms with Crippen LogP contribution in [0.2, 0.25) is 0 Å². The van der Waals surface area contributed by atoms with Crippen molar-refractivity contribution in [3.8, 4) is 0 Å². The summed E-state index contributed by atoms with van der Waals surface area (Å²) >= 11 is -5.78. The van der Waals surface area contributed by atoms with Crippen molar-refractivity contribution in [3.63, 3.8) is 0 Å². The summed E-state index contributed by atoms with van der Waals surface area (Å²) in [6.45, 7) is 2.03. The molecule has 0 aliphatic carbocycles. The second kappa shape index (κ2) is 11.1. The molecule has 0 aliphatic heterocycles. The Morgan fingerprint density at radius 1 is 1.00 bits per heavy atom. The number of rotatable bonds is 10. The van der Waals surface area contributed by atoms with Crippen LogP contribution in [0.5, 0.6) is 0 Å². The van der Waals surface area contributed by atoms with E-state index in [1.165, 1.54) is 6.07 Å². The lowest BCUT2D eigenvalue weighted by Gasteiger charge is -2.14. The molecule has 2 aromatic carbocycles. The maximum atomic E-state index is 13.2. The van der Waals surface area contributed by atoms with E-state index in [1.807, 2.05) is 6.92 Å². The molecule has 2 aromatic rings. The van der Waals surface area contributed by atoms with E-state index in [2.05, 4.69) is 10.6 Å². The maximum absolute atomic E-state index is 13.2. The summed E-state index contributed by atoms with van der Waals surface area (Å²) in [6, 6.07) is 5.07. The number of unbranched alkanes of at least 4 members (excludes halogenated alkanes) is 1. The molecular weight excluding hydrogens is 479 g/mol. The summed E-state index contributed by atoms with van der Waals surface area (Å²) in [5.41, 5.74) is -0.673. The van der Waals surface area contributed by atoms with Gasteiger partial charge in [-0.25, -0.2) is 8.42 Å². The molecular formula is C19H20B2F3N2O5S2. The lowest BCUT2D eigenvalue weighted by molar-refractivity contribution is -0.120. The number of nitrogens with one attached hydrogen (secondary N) is 2. The molecule has 0 bridgehead atoms. The predicted molar refractivity (Wildman–Crippen MR) is 121 cm³/mol. The van der Waals surface area contributed by atoms with Crippen molar-refractivity contribution in [2.24, 2.45) is 0 Å². The highest BCUT2D eigenvalue weighted by Gasteiger charge is 2.29. The standard InChI is InChI=1S/C19H20B2F3N2O5S2/c1-2-3-4-25-18(27)11-26-19(28)12-5-13(20)7-15(6-12)32(30,31)16-8-14(21-29)9-17(10-16)33(22,23)24/h5-10,29H,2-4,11H2,1H3,(H,25,27)(H,26,28). The zero-order valence-electron chi connectivity index (χ0n) is 17.5. The molecule has 0 saturated heterocycles. The van der Waals surface area contributed by atoms with E-state index in [9.17, 15) is 29.7 Å². The van der Waals surface area contributed by atoms with Gasteiger partial charge < -0.3 is 15.7 Å². The van der Waals surface area contributed by atoms with E-state index in [0.717, 1.165) is 31.0 Å². The molecule has 14 heteroatoms. The van der Waals surface area contributed by atoms with Gasteiger partial charge in [-0.1, -0.05) is 36.4 Å². The van der Waals surface area contributed by atoms with Gasteiger partial charge in [0.2, 0.25) is 26.9 Å². The second-order valence-corrected chi connectivity index (χ2v) is 10.2. The predicted octanol–water partition coefficient (Wildman–Crippen LogP) is 1.01. The minimum Gasteiger partial charge on any atom is -0.450 e. The Kier molecular flexibility index (Phi) is 9.04. The molecule has 2 rings (SSSR count). The van der Waals surface area contributed by atoms with Crippen molar-refractivity contribution in [2.75, 3.05) is 13.1 Å². The SMILES string of the molecule is [B]c1cc(C(=O)NCC(=O)NCCCC)cc(S(=O)(=O)c2cc([B]O)cc(S(F)(F)F)c2)c1. The molecule has 0 aliphatic rings. The first-order valence-electron chi connectivity index (χ1n) is 9.63. The molecule has 0 aromatic heterocycles. The third-order valence-corrected chi connectivity index (χ3v) is 6.88. The van der Waals surface area contributed by atoms with Gasteiger partial charge in [-0.3, -0.25) is 9.59 Å². The van der Waals surface area contributed by atoms with Crippen LogP contribution in [0.4, 0.5) is 11.7 Å². The minimum absolute atomic E-state index is 0.125. The molecule has 7 nitrogen and oxygen atoms in total. The van der Waals surface area contributed by atoms with Crippen molar-refractivity contribution in [2.45, 2.75) is 34.5 Å². The summed E-state index contributed by atoms with van der Waals surface area (Å²) in [6.07, 6.45) is 1.64. The molecule has 0 unspecified atom stereocenters. The van der Waals surface area contributed by atoms with Crippen LogP contribution in [-0.2, 0) is 14.6 Å². The summed E-state index contributed by atoms with van der Waals surface area (Å²) in [4.78, 5) is 21.7. The fraction of sp³-hybridized carbons (Fsp3) is 0.263. The van der Waals surface area contributed by atoms with Crippen LogP contribution < -0.4 is 21.6 Å². The first-order valence-corrected chi connectivity index (χ1v) is 12.5. The lowest BCUT2D eigenvalue weighted by atomic mass is 9.89. The normalized spacial score (nSPS) is 12.2. The highest BCUT2D eigenvalue weighted by atomic mass is 32.3. The number of hydrogen-bond donors (Lipinski definition) is 3. The third kappa shape index (κ3) is 7.27. The minimum atomic E-state index is -5.78. The summed E-state index contributed by atoms with van der Waals surface area (Å²) in [5, 5.41) is 14.1. The van der Waals surface area contributed by atoms with Gasteiger partial charge in [0.05, 0.1) is 21.2 Å². The number of benzene rings is 2. The van der Waals surface area contributed by atoms with Gasteiger partial charge in [0.25, 0.3) is 5.91 Å². The molecule has 0 atom stereocenters. The van der Waals surface area contributed by atoms with E-state index in [4.69, 9.17) is 12.9 Å². The quantitative estimate of drug-likeness (QED) is 0.334. The Balaban J connectivity index is 2.34. The highest BCUT2D eigenvalue weighted by molar-refractivity contribution is 8.21. The van der Waals surface area contributed by atoms with Crippen molar-refractivity contribution >= 4 is 59.1 Å². The Morgan fingerprint density at radius 2 is 1.64 bits per heavy atom. The number of carbonyl (C=O) groups excluding carboxylic acids is 2. The molecule has 175 valence electrons. The topological polar surface area (TPSA) is 113 Å². The van der Waals surface area contributed by atoms with Crippen molar-refractivity contribution in [1.29, 1.82) is 0 Å².